The maximum atomic E-state index is 13.6. The fraction of sp³-hybridized carbons (Fsp3) is 0.500. The Bertz CT molecular complexity index is 1380. The number of carbonyl (C=O) groups excluding carboxylic acids is 3. The SMILES string of the molecule is NC1=NC2C(CN3C(=O)CCC3=O)N=C(N)N3CC(NC(=O)c4cc(C(F)(F)F)ccc4C(F)(F)F)C(O)(O)C23N1. The zero-order chi connectivity index (χ0) is 30.3. The number of likely N-dealkylation sites (tertiary alicyclic amines) is 1. The Hall–Kier alpha value is -4.13. The average molecular weight is 592 g/mol. The van der Waals surface area contributed by atoms with E-state index < -0.39 is 82.9 Å². The summed E-state index contributed by atoms with van der Waals surface area (Å²) >= 11 is 0. The van der Waals surface area contributed by atoms with Crippen LogP contribution in [0.15, 0.2) is 28.2 Å². The van der Waals surface area contributed by atoms with E-state index in [0.29, 0.717) is 0 Å². The highest BCUT2D eigenvalue weighted by molar-refractivity contribution is 6.02. The van der Waals surface area contributed by atoms with Gasteiger partial charge in [-0.3, -0.25) is 19.3 Å². The van der Waals surface area contributed by atoms with Crippen molar-refractivity contribution in [3.8, 4) is 0 Å². The summed E-state index contributed by atoms with van der Waals surface area (Å²) in [6.07, 6.45) is -10.4. The van der Waals surface area contributed by atoms with Crippen molar-refractivity contribution >= 4 is 29.6 Å². The van der Waals surface area contributed by atoms with E-state index in [1.54, 1.807) is 0 Å². The van der Waals surface area contributed by atoms with Gasteiger partial charge < -0.3 is 37.2 Å². The van der Waals surface area contributed by atoms with Gasteiger partial charge in [-0.1, -0.05) is 0 Å². The number of aliphatic imine (C=N–C) groups is 2. The quantitative estimate of drug-likeness (QED) is 0.139. The number of halogens is 6. The van der Waals surface area contributed by atoms with Gasteiger partial charge in [-0.2, -0.15) is 26.3 Å². The lowest BCUT2D eigenvalue weighted by Gasteiger charge is -2.49. The third kappa shape index (κ3) is 4.30. The molecule has 0 bridgehead atoms. The zero-order valence-electron chi connectivity index (χ0n) is 20.6. The molecule has 19 heteroatoms. The van der Waals surface area contributed by atoms with Gasteiger partial charge in [0, 0.05) is 19.4 Å². The highest BCUT2D eigenvalue weighted by Gasteiger charge is 2.73. The van der Waals surface area contributed by atoms with Crippen molar-refractivity contribution in [1.29, 1.82) is 0 Å². The first-order chi connectivity index (χ1) is 18.9. The smallest absolute Gasteiger partial charge is 0.370 e. The van der Waals surface area contributed by atoms with Gasteiger partial charge in [0.15, 0.2) is 17.6 Å². The second kappa shape index (κ2) is 8.93. The van der Waals surface area contributed by atoms with E-state index in [9.17, 15) is 50.9 Å². The number of guanidine groups is 2. The standard InChI is InChI=1S/C22H22F6N8O5/c23-21(24,25)8-1-2-10(22(26,27)28)9(5-8)16(39)32-12-7-36-18(30)31-11(6-35-13(37)3-4-14(35)38)15-19(36,20(12,40)41)34-17(29)33-15/h1-2,5,11-12,15,40-41H,3-4,6-7H2,(H2,30,31)(H,32,39)(H3,29,33,34). The van der Waals surface area contributed by atoms with E-state index in [4.69, 9.17) is 11.5 Å². The first-order valence-corrected chi connectivity index (χ1v) is 12.0. The molecule has 2 saturated heterocycles. The summed E-state index contributed by atoms with van der Waals surface area (Å²) in [7, 11) is 0. The number of rotatable bonds is 4. The first-order valence-electron chi connectivity index (χ1n) is 12.0. The van der Waals surface area contributed by atoms with Crippen molar-refractivity contribution in [1.82, 2.24) is 20.4 Å². The molecule has 4 aliphatic rings. The van der Waals surface area contributed by atoms with Crippen LogP contribution in [0.2, 0.25) is 0 Å². The number of benzene rings is 1. The third-order valence-electron chi connectivity index (χ3n) is 7.53. The number of hydrogen-bond acceptors (Lipinski definition) is 11. The molecule has 41 heavy (non-hydrogen) atoms. The summed E-state index contributed by atoms with van der Waals surface area (Å²) in [5.41, 5.74) is 5.06. The van der Waals surface area contributed by atoms with Crippen LogP contribution in [-0.4, -0.2) is 92.3 Å². The van der Waals surface area contributed by atoms with Crippen molar-refractivity contribution in [3.63, 3.8) is 0 Å². The molecular weight excluding hydrogens is 570 g/mol. The fourth-order valence-electron chi connectivity index (χ4n) is 5.64. The summed E-state index contributed by atoms with van der Waals surface area (Å²) in [5.74, 6) is -6.61. The molecular formula is C22H22F6N8O5. The van der Waals surface area contributed by atoms with E-state index in [1.165, 1.54) is 0 Å². The van der Waals surface area contributed by atoms with Crippen molar-refractivity contribution in [2.45, 2.75) is 54.8 Å². The van der Waals surface area contributed by atoms with Gasteiger partial charge in [-0.05, 0) is 18.2 Å². The van der Waals surface area contributed by atoms with E-state index in [2.05, 4.69) is 15.3 Å². The Morgan fingerprint density at radius 1 is 1.07 bits per heavy atom. The number of amides is 3. The van der Waals surface area contributed by atoms with Crippen molar-refractivity contribution in [3.05, 3.63) is 34.9 Å². The molecule has 4 atom stereocenters. The van der Waals surface area contributed by atoms with Crippen LogP contribution in [-0.2, 0) is 21.9 Å². The van der Waals surface area contributed by atoms with Crippen LogP contribution in [0.3, 0.4) is 0 Å². The third-order valence-corrected chi connectivity index (χ3v) is 7.53. The number of hydrogen-bond donors (Lipinski definition) is 6. The predicted molar refractivity (Wildman–Crippen MR) is 124 cm³/mol. The molecule has 1 aromatic rings. The molecule has 4 aliphatic heterocycles. The minimum Gasteiger partial charge on any atom is -0.370 e. The second-order valence-electron chi connectivity index (χ2n) is 9.92. The molecule has 0 aromatic heterocycles. The van der Waals surface area contributed by atoms with Crippen molar-refractivity contribution in [2.24, 2.45) is 21.5 Å². The number of aliphatic hydroxyl groups is 2. The Morgan fingerprint density at radius 3 is 2.29 bits per heavy atom. The highest BCUT2D eigenvalue weighted by Crippen LogP contribution is 2.45. The largest absolute Gasteiger partial charge is 0.417 e. The van der Waals surface area contributed by atoms with Crippen LogP contribution in [0.4, 0.5) is 26.3 Å². The molecule has 2 fully saturated rings. The van der Waals surface area contributed by atoms with Crippen molar-refractivity contribution < 1.29 is 50.9 Å². The number of nitrogens with one attached hydrogen (secondary N) is 2. The Kier molecular flexibility index (Phi) is 6.19. The number of nitrogens with two attached hydrogens (primary N) is 2. The fourth-order valence-corrected chi connectivity index (χ4v) is 5.64. The van der Waals surface area contributed by atoms with Crippen LogP contribution in [0, 0.1) is 0 Å². The molecule has 0 radical (unpaired) electrons. The number of carbonyl (C=O) groups is 3. The summed E-state index contributed by atoms with van der Waals surface area (Å²) in [5, 5.41) is 27.3. The molecule has 8 N–H and O–H groups in total. The summed E-state index contributed by atoms with van der Waals surface area (Å²) < 4.78 is 80.5. The van der Waals surface area contributed by atoms with E-state index >= 15 is 0 Å². The molecule has 0 saturated carbocycles. The molecule has 13 nitrogen and oxygen atoms in total. The maximum Gasteiger partial charge on any atom is 0.417 e. The summed E-state index contributed by atoms with van der Waals surface area (Å²) in [6, 6.07) is -4.14. The maximum absolute atomic E-state index is 13.6. The molecule has 1 aromatic carbocycles. The highest BCUT2D eigenvalue weighted by atomic mass is 19.4. The molecule has 5 rings (SSSR count). The van der Waals surface area contributed by atoms with Crippen LogP contribution < -0.4 is 22.1 Å². The van der Waals surface area contributed by atoms with Gasteiger partial charge in [-0.15, -0.1) is 0 Å². The summed E-state index contributed by atoms with van der Waals surface area (Å²) in [6.45, 7) is -0.988. The second-order valence-corrected chi connectivity index (χ2v) is 9.92. The van der Waals surface area contributed by atoms with Crippen LogP contribution in [0.1, 0.15) is 34.3 Å². The normalized spacial score (nSPS) is 29.1. The van der Waals surface area contributed by atoms with Gasteiger partial charge in [0.2, 0.25) is 17.6 Å². The van der Waals surface area contributed by atoms with Gasteiger partial charge >= 0.3 is 12.4 Å². The van der Waals surface area contributed by atoms with Gasteiger partial charge in [-0.25, -0.2) is 9.98 Å². The number of nitrogens with zero attached hydrogens (tertiary/aromatic N) is 4. The van der Waals surface area contributed by atoms with Gasteiger partial charge in [0.05, 0.1) is 29.3 Å². The molecule has 0 aliphatic carbocycles. The zero-order valence-corrected chi connectivity index (χ0v) is 20.6. The predicted octanol–water partition coefficient (Wildman–Crippen LogP) is -1.35. The Labute approximate surface area is 225 Å². The lowest BCUT2D eigenvalue weighted by atomic mass is 9.84. The van der Waals surface area contributed by atoms with E-state index in [0.717, 1.165) is 9.80 Å². The molecule has 4 unspecified atom stereocenters. The van der Waals surface area contributed by atoms with Crippen LogP contribution >= 0.6 is 0 Å². The molecule has 222 valence electrons. The average Bonchev–Trinajstić information content (AvgIpc) is 3.45. The minimum absolute atomic E-state index is 0.00278. The Balaban J connectivity index is 1.49. The summed E-state index contributed by atoms with van der Waals surface area (Å²) in [4.78, 5) is 47.6. The van der Waals surface area contributed by atoms with E-state index in [-0.39, 0.29) is 49.5 Å². The number of alkyl halides is 6. The van der Waals surface area contributed by atoms with Crippen LogP contribution in [0.5, 0.6) is 0 Å². The van der Waals surface area contributed by atoms with E-state index in [1.807, 2.05) is 5.32 Å². The molecule has 4 heterocycles. The number of imide groups is 1. The monoisotopic (exact) mass is 592 g/mol. The van der Waals surface area contributed by atoms with Crippen LogP contribution in [0.25, 0.3) is 0 Å². The van der Waals surface area contributed by atoms with Gasteiger partial charge in [0.25, 0.3) is 5.91 Å². The lowest BCUT2D eigenvalue weighted by molar-refractivity contribution is -0.230. The first kappa shape index (κ1) is 28.4. The Morgan fingerprint density at radius 2 is 1.71 bits per heavy atom. The topological polar surface area (TPSA) is 199 Å². The van der Waals surface area contributed by atoms with Crippen molar-refractivity contribution in [2.75, 3.05) is 13.1 Å². The minimum atomic E-state index is -5.23. The van der Waals surface area contributed by atoms with Gasteiger partial charge in [0.1, 0.15) is 12.1 Å². The lowest BCUT2D eigenvalue weighted by Crippen LogP contribution is -2.78. The molecule has 3 amide bonds. The molecule has 1 spiro atoms.